The van der Waals surface area contributed by atoms with Crippen LogP contribution in [0.25, 0.3) is 0 Å². The van der Waals surface area contributed by atoms with Crippen LogP contribution in [0.4, 0.5) is 0 Å². The topological polar surface area (TPSA) is 74.6 Å². The third-order valence-electron chi connectivity index (χ3n) is 4.49. The van der Waals surface area contributed by atoms with Gasteiger partial charge in [-0.05, 0) is 30.9 Å². The van der Waals surface area contributed by atoms with E-state index in [-0.39, 0.29) is 35.0 Å². The lowest BCUT2D eigenvalue weighted by molar-refractivity contribution is 0.0976. The molecule has 3 rings (SSSR count). The van der Waals surface area contributed by atoms with Gasteiger partial charge in [-0.1, -0.05) is 43.2 Å². The number of rotatable bonds is 6. The zero-order valence-electron chi connectivity index (χ0n) is 13.4. The standard InChI is InChI=1S/C20H20O4/c21-12-4-2-1-3-7-13-8-5-9-14-17(13)20(24)18-15(19(14)23)10-6-11-16(18)22/h5-6,8-11,21-22H,1-4,7,12H2. The molecule has 4 nitrogen and oxygen atoms in total. The lowest BCUT2D eigenvalue weighted by atomic mass is 9.80. The molecule has 0 saturated heterocycles. The molecule has 0 radical (unpaired) electrons. The molecule has 0 aromatic heterocycles. The maximum atomic E-state index is 12.9. The fraction of sp³-hybridized carbons (Fsp3) is 0.300. The van der Waals surface area contributed by atoms with Crippen LogP contribution in [0.15, 0.2) is 36.4 Å². The molecule has 24 heavy (non-hydrogen) atoms. The van der Waals surface area contributed by atoms with Gasteiger partial charge >= 0.3 is 0 Å². The third-order valence-corrected chi connectivity index (χ3v) is 4.49. The number of phenolic OH excluding ortho intramolecular Hbond substituents is 1. The molecule has 0 bridgehead atoms. The molecule has 0 heterocycles. The number of fused-ring (bicyclic) bond motifs is 2. The van der Waals surface area contributed by atoms with Gasteiger partial charge < -0.3 is 10.2 Å². The van der Waals surface area contributed by atoms with Gasteiger partial charge in [0.15, 0.2) is 11.6 Å². The summed E-state index contributed by atoms with van der Waals surface area (Å²) >= 11 is 0. The highest BCUT2D eigenvalue weighted by atomic mass is 16.3. The molecular weight excluding hydrogens is 304 g/mol. The molecule has 4 heteroatoms. The van der Waals surface area contributed by atoms with E-state index in [2.05, 4.69) is 0 Å². The number of hydrogen-bond donors (Lipinski definition) is 2. The van der Waals surface area contributed by atoms with Crippen molar-refractivity contribution in [2.45, 2.75) is 32.1 Å². The molecule has 0 aliphatic heterocycles. The van der Waals surface area contributed by atoms with Crippen molar-refractivity contribution in [2.75, 3.05) is 6.61 Å². The van der Waals surface area contributed by atoms with Crippen molar-refractivity contribution in [3.05, 3.63) is 64.2 Å². The summed E-state index contributed by atoms with van der Waals surface area (Å²) in [4.78, 5) is 25.6. The number of aryl methyl sites for hydroxylation is 1. The van der Waals surface area contributed by atoms with Crippen LogP contribution in [0.2, 0.25) is 0 Å². The molecule has 0 amide bonds. The van der Waals surface area contributed by atoms with Crippen molar-refractivity contribution >= 4 is 11.6 Å². The molecule has 0 spiro atoms. The highest BCUT2D eigenvalue weighted by Crippen LogP contribution is 2.34. The number of carbonyl (C=O) groups is 2. The van der Waals surface area contributed by atoms with E-state index in [1.807, 2.05) is 6.07 Å². The van der Waals surface area contributed by atoms with Crippen LogP contribution in [-0.4, -0.2) is 28.4 Å². The normalized spacial score (nSPS) is 12.9. The van der Waals surface area contributed by atoms with E-state index in [0.717, 1.165) is 31.2 Å². The Kier molecular flexibility index (Phi) is 4.76. The van der Waals surface area contributed by atoms with E-state index in [0.29, 0.717) is 17.5 Å². The molecule has 124 valence electrons. The Morgan fingerprint density at radius 3 is 2.17 bits per heavy atom. The third kappa shape index (κ3) is 2.85. The molecule has 2 N–H and O–H groups in total. The van der Waals surface area contributed by atoms with Crippen molar-refractivity contribution in [1.82, 2.24) is 0 Å². The van der Waals surface area contributed by atoms with Crippen molar-refractivity contribution < 1.29 is 19.8 Å². The van der Waals surface area contributed by atoms with Crippen molar-refractivity contribution in [3.8, 4) is 5.75 Å². The van der Waals surface area contributed by atoms with Gasteiger partial charge in [-0.15, -0.1) is 0 Å². The van der Waals surface area contributed by atoms with Gasteiger partial charge in [-0.3, -0.25) is 9.59 Å². The van der Waals surface area contributed by atoms with Gasteiger partial charge in [-0.25, -0.2) is 0 Å². The van der Waals surface area contributed by atoms with Crippen LogP contribution in [-0.2, 0) is 6.42 Å². The second-order valence-electron chi connectivity index (χ2n) is 6.09. The minimum Gasteiger partial charge on any atom is -0.507 e. The summed E-state index contributed by atoms with van der Waals surface area (Å²) in [7, 11) is 0. The first-order chi connectivity index (χ1) is 11.6. The number of ketones is 2. The van der Waals surface area contributed by atoms with E-state index in [4.69, 9.17) is 5.11 Å². The summed E-state index contributed by atoms with van der Waals surface area (Å²) in [5.74, 6) is -0.629. The molecule has 0 atom stereocenters. The van der Waals surface area contributed by atoms with Crippen LogP contribution in [0, 0.1) is 0 Å². The lowest BCUT2D eigenvalue weighted by Gasteiger charge is -2.20. The van der Waals surface area contributed by atoms with Crippen LogP contribution in [0.5, 0.6) is 5.75 Å². The summed E-state index contributed by atoms with van der Waals surface area (Å²) in [5.41, 5.74) is 2.09. The Balaban J connectivity index is 1.93. The Hall–Kier alpha value is -2.46. The largest absolute Gasteiger partial charge is 0.507 e. The molecule has 0 fully saturated rings. The van der Waals surface area contributed by atoms with Crippen molar-refractivity contribution in [2.24, 2.45) is 0 Å². The highest BCUT2D eigenvalue weighted by molar-refractivity contribution is 6.29. The average molecular weight is 324 g/mol. The Bertz CT molecular complexity index is 792. The SMILES string of the molecule is O=C1c2cccc(O)c2C(=O)c2c(CCCCCCO)cccc21. The first-order valence-electron chi connectivity index (χ1n) is 8.29. The van der Waals surface area contributed by atoms with Crippen LogP contribution in [0.3, 0.4) is 0 Å². The van der Waals surface area contributed by atoms with E-state index in [1.165, 1.54) is 6.07 Å². The molecule has 0 saturated carbocycles. The van der Waals surface area contributed by atoms with Crippen molar-refractivity contribution in [1.29, 1.82) is 0 Å². The fourth-order valence-electron chi connectivity index (χ4n) is 3.28. The number of benzene rings is 2. The minimum atomic E-state index is -0.274. The van der Waals surface area contributed by atoms with Crippen LogP contribution < -0.4 is 0 Å². The second kappa shape index (κ2) is 6.97. The Labute approximate surface area is 140 Å². The lowest BCUT2D eigenvalue weighted by Crippen LogP contribution is -2.22. The molecular formula is C20H20O4. The quantitative estimate of drug-likeness (QED) is 0.683. The number of aliphatic hydroxyl groups is 1. The average Bonchev–Trinajstić information content (AvgIpc) is 2.59. The summed E-state index contributed by atoms with van der Waals surface area (Å²) in [5, 5.41) is 18.9. The van der Waals surface area contributed by atoms with Gasteiger partial charge in [-0.2, -0.15) is 0 Å². The molecule has 1 aliphatic rings. The monoisotopic (exact) mass is 324 g/mol. The van der Waals surface area contributed by atoms with E-state index in [1.54, 1.807) is 24.3 Å². The Morgan fingerprint density at radius 1 is 0.750 bits per heavy atom. The molecule has 0 unspecified atom stereocenters. The maximum Gasteiger partial charge on any atom is 0.198 e. The number of phenols is 1. The van der Waals surface area contributed by atoms with E-state index in [9.17, 15) is 14.7 Å². The molecule has 2 aromatic rings. The zero-order valence-corrected chi connectivity index (χ0v) is 13.4. The first-order valence-corrected chi connectivity index (χ1v) is 8.29. The van der Waals surface area contributed by atoms with Crippen LogP contribution >= 0.6 is 0 Å². The first kappa shape index (κ1) is 16.4. The van der Waals surface area contributed by atoms with Crippen LogP contribution in [0.1, 0.15) is 63.1 Å². The number of unbranched alkanes of at least 4 members (excludes halogenated alkanes) is 3. The zero-order chi connectivity index (χ0) is 17.1. The maximum absolute atomic E-state index is 12.9. The summed E-state index contributed by atoms with van der Waals surface area (Å²) < 4.78 is 0. The fourth-order valence-corrected chi connectivity index (χ4v) is 3.28. The summed E-state index contributed by atoms with van der Waals surface area (Å²) in [6.07, 6.45) is 4.30. The number of aromatic hydroxyl groups is 1. The smallest absolute Gasteiger partial charge is 0.198 e. The highest BCUT2D eigenvalue weighted by Gasteiger charge is 2.33. The van der Waals surface area contributed by atoms with Gasteiger partial charge in [0, 0.05) is 23.3 Å². The Morgan fingerprint density at radius 2 is 1.42 bits per heavy atom. The number of aliphatic hydroxyl groups excluding tert-OH is 1. The van der Waals surface area contributed by atoms with E-state index < -0.39 is 0 Å². The summed E-state index contributed by atoms with van der Waals surface area (Å²) in [6, 6.07) is 9.96. The molecule has 2 aromatic carbocycles. The van der Waals surface area contributed by atoms with Gasteiger partial charge in [0.1, 0.15) is 5.75 Å². The van der Waals surface area contributed by atoms with Gasteiger partial charge in [0.2, 0.25) is 0 Å². The number of carbonyl (C=O) groups excluding carboxylic acids is 2. The van der Waals surface area contributed by atoms with Crippen molar-refractivity contribution in [3.63, 3.8) is 0 Å². The molecule has 1 aliphatic carbocycles. The van der Waals surface area contributed by atoms with E-state index >= 15 is 0 Å². The minimum absolute atomic E-state index is 0.114. The van der Waals surface area contributed by atoms with Gasteiger partial charge in [0.05, 0.1) is 5.56 Å². The summed E-state index contributed by atoms with van der Waals surface area (Å²) in [6.45, 7) is 0.198. The predicted molar refractivity (Wildman–Crippen MR) is 90.7 cm³/mol. The number of hydrogen-bond acceptors (Lipinski definition) is 4. The second-order valence-corrected chi connectivity index (χ2v) is 6.09. The van der Waals surface area contributed by atoms with Gasteiger partial charge in [0.25, 0.3) is 0 Å². The predicted octanol–water partition coefficient (Wildman–Crippen LogP) is 3.26.